The van der Waals surface area contributed by atoms with Gasteiger partial charge in [-0.25, -0.2) is 8.42 Å². The molecule has 0 bridgehead atoms. The molecule has 220 valence electrons. The van der Waals surface area contributed by atoms with Crippen molar-refractivity contribution in [3.05, 3.63) is 101 Å². The van der Waals surface area contributed by atoms with Gasteiger partial charge in [-0.3, -0.25) is 13.9 Å². The van der Waals surface area contributed by atoms with E-state index in [0.29, 0.717) is 23.7 Å². The first-order chi connectivity index (χ1) is 19.6. The second-order valence-electron chi connectivity index (χ2n) is 10.3. The Morgan fingerprint density at radius 3 is 2.17 bits per heavy atom. The molecule has 41 heavy (non-hydrogen) atoms. The number of benzene rings is 3. The van der Waals surface area contributed by atoms with Crippen LogP contribution in [0.2, 0.25) is 5.02 Å². The summed E-state index contributed by atoms with van der Waals surface area (Å²) in [5, 5.41) is 3.53. The fraction of sp³-hybridized carbons (Fsp3) is 0.375. The summed E-state index contributed by atoms with van der Waals surface area (Å²) in [6, 6.07) is 23.4. The number of hydrogen-bond acceptors (Lipinski definition) is 4. The number of nitrogens with one attached hydrogen (secondary N) is 1. The first-order valence-corrected chi connectivity index (χ1v) is 16.2. The first kappa shape index (κ1) is 32.2. The van der Waals surface area contributed by atoms with E-state index in [1.807, 2.05) is 61.5 Å². The van der Waals surface area contributed by atoms with Gasteiger partial charge in [0.05, 0.1) is 11.9 Å². The molecule has 3 aromatic rings. The van der Waals surface area contributed by atoms with E-state index in [9.17, 15) is 18.0 Å². The Bertz CT molecular complexity index is 1360. The van der Waals surface area contributed by atoms with Crippen LogP contribution in [0.3, 0.4) is 0 Å². The molecule has 9 heteroatoms. The van der Waals surface area contributed by atoms with E-state index in [1.54, 1.807) is 29.2 Å². The van der Waals surface area contributed by atoms with Gasteiger partial charge >= 0.3 is 0 Å². The molecule has 0 saturated heterocycles. The van der Waals surface area contributed by atoms with Gasteiger partial charge in [0, 0.05) is 37.5 Å². The van der Waals surface area contributed by atoms with Crippen LogP contribution in [0, 0.1) is 6.92 Å². The second-order valence-corrected chi connectivity index (χ2v) is 12.6. The summed E-state index contributed by atoms with van der Waals surface area (Å²) in [5.74, 6) is -0.400. The number of rotatable bonds is 15. The van der Waals surface area contributed by atoms with Crippen molar-refractivity contribution < 1.29 is 18.0 Å². The zero-order valence-electron chi connectivity index (χ0n) is 24.1. The second kappa shape index (κ2) is 15.6. The predicted molar refractivity (Wildman–Crippen MR) is 166 cm³/mol. The van der Waals surface area contributed by atoms with E-state index in [2.05, 4.69) is 12.2 Å². The van der Waals surface area contributed by atoms with Gasteiger partial charge in [-0.1, -0.05) is 85.1 Å². The van der Waals surface area contributed by atoms with Crippen LogP contribution in [0.1, 0.15) is 49.3 Å². The fourth-order valence-corrected chi connectivity index (χ4v) is 5.65. The van der Waals surface area contributed by atoms with Crippen molar-refractivity contribution in [3.8, 4) is 0 Å². The minimum atomic E-state index is -3.58. The molecule has 1 N–H and O–H groups in total. The topological polar surface area (TPSA) is 86.8 Å². The van der Waals surface area contributed by atoms with Crippen LogP contribution in [0.25, 0.3) is 0 Å². The van der Waals surface area contributed by atoms with Gasteiger partial charge in [0.2, 0.25) is 21.8 Å². The maximum atomic E-state index is 13.9. The molecule has 0 aromatic heterocycles. The summed E-state index contributed by atoms with van der Waals surface area (Å²) < 4.78 is 26.4. The molecule has 0 unspecified atom stereocenters. The monoisotopic (exact) mass is 597 g/mol. The van der Waals surface area contributed by atoms with Gasteiger partial charge in [0.25, 0.3) is 0 Å². The van der Waals surface area contributed by atoms with Crippen molar-refractivity contribution in [2.75, 3.05) is 23.7 Å². The highest BCUT2D eigenvalue weighted by molar-refractivity contribution is 7.92. The Hall–Kier alpha value is -3.36. The van der Waals surface area contributed by atoms with Crippen molar-refractivity contribution >= 4 is 39.1 Å². The highest BCUT2D eigenvalue weighted by atomic mass is 35.5. The minimum Gasteiger partial charge on any atom is -0.354 e. The Labute approximate surface area is 249 Å². The quantitative estimate of drug-likeness (QED) is 0.226. The number of hydrogen-bond donors (Lipinski definition) is 1. The molecule has 0 saturated carbocycles. The van der Waals surface area contributed by atoms with Crippen LogP contribution in [0.5, 0.6) is 0 Å². The van der Waals surface area contributed by atoms with Gasteiger partial charge in [-0.2, -0.15) is 0 Å². The molecule has 0 aliphatic heterocycles. The Morgan fingerprint density at radius 2 is 1.56 bits per heavy atom. The van der Waals surface area contributed by atoms with Gasteiger partial charge in [-0.15, -0.1) is 0 Å². The molecule has 0 fully saturated rings. The lowest BCUT2D eigenvalue weighted by Crippen LogP contribution is -2.50. The predicted octanol–water partition coefficient (Wildman–Crippen LogP) is 5.75. The molecular formula is C32H40ClN3O4S. The van der Waals surface area contributed by atoms with Crippen LogP contribution in [-0.2, 0) is 32.6 Å². The zero-order valence-corrected chi connectivity index (χ0v) is 25.6. The van der Waals surface area contributed by atoms with Crippen molar-refractivity contribution in [2.24, 2.45) is 0 Å². The molecule has 2 amide bonds. The van der Waals surface area contributed by atoms with Crippen LogP contribution in [0.4, 0.5) is 5.69 Å². The molecule has 0 aliphatic rings. The van der Waals surface area contributed by atoms with E-state index in [4.69, 9.17) is 11.6 Å². The van der Waals surface area contributed by atoms with E-state index in [1.165, 1.54) is 4.31 Å². The summed E-state index contributed by atoms with van der Waals surface area (Å²) in [4.78, 5) is 29.0. The van der Waals surface area contributed by atoms with Crippen LogP contribution in [-0.4, -0.2) is 50.5 Å². The number of aryl methyl sites for hydroxylation is 1. The summed E-state index contributed by atoms with van der Waals surface area (Å²) in [5.41, 5.74) is 3.46. The molecule has 1 atom stereocenters. The largest absolute Gasteiger partial charge is 0.354 e. The molecule has 3 rings (SSSR count). The Morgan fingerprint density at radius 1 is 0.902 bits per heavy atom. The third-order valence-corrected chi connectivity index (χ3v) is 8.29. The molecule has 3 aromatic carbocycles. The molecule has 0 aliphatic carbocycles. The standard InChI is InChI=1S/C32H40ClN3O4S/c1-4-5-21-34-32(38)30(23-26-10-7-6-8-11-26)35(24-27-15-13-25(2)14-16-27)31(37)12-9-22-36(41(3,39)40)29-19-17-28(33)18-20-29/h6-8,10-11,13-20,30H,4-5,9,12,21-24H2,1-3H3,(H,34,38)/t30-/m0/s1. The lowest BCUT2D eigenvalue weighted by Gasteiger charge is -2.32. The lowest BCUT2D eigenvalue weighted by molar-refractivity contribution is -0.141. The minimum absolute atomic E-state index is 0.0823. The summed E-state index contributed by atoms with van der Waals surface area (Å²) in [6.45, 7) is 4.99. The SMILES string of the molecule is CCCCNC(=O)[C@H](Cc1ccccc1)N(Cc1ccc(C)cc1)C(=O)CCCN(c1ccc(Cl)cc1)S(C)(=O)=O. The maximum Gasteiger partial charge on any atom is 0.243 e. The molecule has 0 spiro atoms. The fourth-order valence-electron chi connectivity index (χ4n) is 4.56. The number of anilines is 1. The number of nitrogens with zero attached hydrogens (tertiary/aromatic N) is 2. The normalized spacial score (nSPS) is 12.0. The third kappa shape index (κ3) is 10.2. The van der Waals surface area contributed by atoms with Crippen molar-refractivity contribution in [2.45, 2.75) is 58.5 Å². The van der Waals surface area contributed by atoms with Crippen LogP contribution >= 0.6 is 11.6 Å². The molecule has 0 heterocycles. The highest BCUT2D eigenvalue weighted by Gasteiger charge is 2.30. The average Bonchev–Trinajstić information content (AvgIpc) is 2.94. The van der Waals surface area contributed by atoms with E-state index in [-0.39, 0.29) is 37.7 Å². The number of amides is 2. The van der Waals surface area contributed by atoms with Gasteiger partial charge < -0.3 is 10.2 Å². The number of halogens is 1. The summed E-state index contributed by atoms with van der Waals surface area (Å²) in [7, 11) is -3.58. The van der Waals surface area contributed by atoms with E-state index < -0.39 is 16.1 Å². The number of carbonyl (C=O) groups is 2. The van der Waals surface area contributed by atoms with Crippen LogP contribution in [0.15, 0.2) is 78.9 Å². The highest BCUT2D eigenvalue weighted by Crippen LogP contribution is 2.22. The smallest absolute Gasteiger partial charge is 0.243 e. The van der Waals surface area contributed by atoms with E-state index in [0.717, 1.165) is 35.8 Å². The average molecular weight is 598 g/mol. The molecule has 7 nitrogen and oxygen atoms in total. The Kier molecular flexibility index (Phi) is 12.2. The summed E-state index contributed by atoms with van der Waals surface area (Å²) in [6.07, 6.45) is 3.68. The number of sulfonamides is 1. The van der Waals surface area contributed by atoms with E-state index >= 15 is 0 Å². The third-order valence-electron chi connectivity index (χ3n) is 6.84. The molecule has 0 radical (unpaired) electrons. The van der Waals surface area contributed by atoms with Crippen molar-refractivity contribution in [1.82, 2.24) is 10.2 Å². The van der Waals surface area contributed by atoms with Gasteiger partial charge in [0.15, 0.2) is 0 Å². The first-order valence-electron chi connectivity index (χ1n) is 14.0. The molecular weight excluding hydrogens is 558 g/mol. The van der Waals surface area contributed by atoms with Crippen molar-refractivity contribution in [1.29, 1.82) is 0 Å². The van der Waals surface area contributed by atoms with Gasteiger partial charge in [0.1, 0.15) is 6.04 Å². The number of carbonyl (C=O) groups excluding carboxylic acids is 2. The Balaban J connectivity index is 1.86. The maximum absolute atomic E-state index is 13.9. The van der Waals surface area contributed by atoms with Gasteiger partial charge in [-0.05, 0) is 55.2 Å². The lowest BCUT2D eigenvalue weighted by atomic mass is 10.0. The van der Waals surface area contributed by atoms with Crippen molar-refractivity contribution in [3.63, 3.8) is 0 Å². The summed E-state index contributed by atoms with van der Waals surface area (Å²) >= 11 is 5.99. The zero-order chi connectivity index (χ0) is 29.8. The number of unbranched alkanes of at least 4 members (excludes halogenated alkanes) is 1. The van der Waals surface area contributed by atoms with Crippen LogP contribution < -0.4 is 9.62 Å².